The minimum absolute atomic E-state index is 0.0817. The van der Waals surface area contributed by atoms with Crippen LogP contribution in [0.5, 0.6) is 0 Å². The molecule has 0 unspecified atom stereocenters. The van der Waals surface area contributed by atoms with Crippen molar-refractivity contribution in [1.82, 2.24) is 34.5 Å². The van der Waals surface area contributed by atoms with Gasteiger partial charge in [0.1, 0.15) is 11.0 Å². The zero-order valence-electron chi connectivity index (χ0n) is 28.6. The fourth-order valence-corrected chi connectivity index (χ4v) is 7.97. The van der Waals surface area contributed by atoms with Gasteiger partial charge in [0.2, 0.25) is 5.91 Å². The van der Waals surface area contributed by atoms with Gasteiger partial charge >= 0.3 is 0 Å². The van der Waals surface area contributed by atoms with Crippen molar-refractivity contribution in [3.8, 4) is 17.2 Å². The molecule has 5 aromatic rings. The van der Waals surface area contributed by atoms with Crippen molar-refractivity contribution in [2.75, 3.05) is 52.3 Å². The lowest BCUT2D eigenvalue weighted by Gasteiger charge is -2.52. The van der Waals surface area contributed by atoms with Crippen LogP contribution in [0.3, 0.4) is 0 Å². The number of pyridine rings is 1. The van der Waals surface area contributed by atoms with Gasteiger partial charge in [-0.3, -0.25) is 9.89 Å². The van der Waals surface area contributed by atoms with Gasteiger partial charge < -0.3 is 24.0 Å². The monoisotopic (exact) mass is 717 g/mol. The summed E-state index contributed by atoms with van der Waals surface area (Å²) in [5.41, 5.74) is 3.57. The summed E-state index contributed by atoms with van der Waals surface area (Å²) < 4.78 is 24.4. The number of amides is 1. The van der Waals surface area contributed by atoms with Gasteiger partial charge in [0.05, 0.1) is 53.2 Å². The highest BCUT2D eigenvalue weighted by atomic mass is 35.5. The summed E-state index contributed by atoms with van der Waals surface area (Å²) in [5, 5.41) is 18.7. The molecule has 14 heteroatoms. The minimum Gasteiger partial charge on any atom is -0.381 e. The van der Waals surface area contributed by atoms with E-state index in [4.69, 9.17) is 37.9 Å². The quantitative estimate of drug-likeness (QED) is 0.177. The molecule has 0 saturated carbocycles. The minimum atomic E-state index is -0.558. The smallest absolute Gasteiger partial charge is 0.246 e. The number of imidazole rings is 1. The first kappa shape index (κ1) is 34.2. The Balaban J connectivity index is 1.40. The van der Waals surface area contributed by atoms with Crippen LogP contribution < -0.4 is 4.90 Å². The number of fused-ring (bicyclic) bond motifs is 4. The Morgan fingerprint density at radius 3 is 2.72 bits per heavy atom. The molecule has 2 aromatic carbocycles. The molecule has 2 atom stereocenters. The number of methoxy groups -OCH3 is 1. The standard InChI is InChI=1S/C36H38Cl2FN9O2/c1-20-25(37)15-27-24(16-42-44-27)29(20)30-26(38)14-23-32(31(30)39)43-35(46-17-36(2,18-46)45(3)4)33-34(23)48(19-41-33)22-9-11-47(21(13-22)8-10-40)28(49)7-6-12-50-5/h6-7,14-16,19,21-22H,8-9,11-13,17-18H2,1-5H3,(H,42,44)/b7-6+/t21-,22+/m1/s1. The van der Waals surface area contributed by atoms with Crippen molar-refractivity contribution in [2.45, 2.75) is 50.7 Å². The largest absolute Gasteiger partial charge is 0.381 e. The van der Waals surface area contributed by atoms with E-state index in [0.29, 0.717) is 88.4 Å². The lowest BCUT2D eigenvalue weighted by molar-refractivity contribution is -0.130. The Morgan fingerprint density at radius 2 is 2.00 bits per heavy atom. The summed E-state index contributed by atoms with van der Waals surface area (Å²) in [7, 11) is 5.67. The average Bonchev–Trinajstić information content (AvgIpc) is 3.73. The second-order valence-corrected chi connectivity index (χ2v) is 14.6. The first-order valence-corrected chi connectivity index (χ1v) is 17.3. The summed E-state index contributed by atoms with van der Waals surface area (Å²) in [6.45, 7) is 6.17. The molecule has 7 rings (SSSR count). The molecule has 0 radical (unpaired) electrons. The van der Waals surface area contributed by atoms with E-state index >= 15 is 4.39 Å². The number of likely N-dealkylation sites (N-methyl/N-ethyl adjacent to an activating group) is 1. The summed E-state index contributed by atoms with van der Waals surface area (Å²) in [6, 6.07) is 5.38. The van der Waals surface area contributed by atoms with Gasteiger partial charge in [0, 0.05) is 71.8 Å². The van der Waals surface area contributed by atoms with Gasteiger partial charge in [0.15, 0.2) is 11.6 Å². The number of benzene rings is 2. The number of aromatic amines is 1. The molecule has 3 aromatic heterocycles. The first-order valence-electron chi connectivity index (χ1n) is 16.5. The number of halogens is 3. The number of rotatable bonds is 8. The Labute approximate surface area is 299 Å². The van der Waals surface area contributed by atoms with E-state index < -0.39 is 5.82 Å². The number of ether oxygens (including phenoxy) is 1. The van der Waals surface area contributed by atoms with Crippen LogP contribution in [0.1, 0.15) is 37.8 Å². The van der Waals surface area contributed by atoms with Crippen LogP contribution >= 0.6 is 23.2 Å². The fraction of sp³-hybridized carbons (Fsp3) is 0.417. The molecule has 0 aliphatic carbocycles. The zero-order valence-corrected chi connectivity index (χ0v) is 30.1. The molecule has 50 heavy (non-hydrogen) atoms. The highest BCUT2D eigenvalue weighted by Gasteiger charge is 2.43. The molecule has 2 aliphatic heterocycles. The SMILES string of the molecule is COC/C=C/C(=O)N1CC[C@H](n2cnc3c(N4CC(C)(N(C)C)C4)nc4c(F)c(-c5c(C)c(Cl)cc6[nH]ncc56)c(Cl)cc4c32)C[C@H]1CC#N. The second kappa shape index (κ2) is 13.1. The van der Waals surface area contributed by atoms with Crippen molar-refractivity contribution in [2.24, 2.45) is 0 Å². The fourth-order valence-electron chi connectivity index (χ4n) is 7.48. The number of aromatic nitrogens is 5. The molecular weight excluding hydrogens is 680 g/mol. The maximum absolute atomic E-state index is 17.3. The molecule has 1 N–H and O–H groups in total. The molecule has 1 amide bonds. The van der Waals surface area contributed by atoms with E-state index in [1.807, 2.05) is 6.92 Å². The van der Waals surface area contributed by atoms with E-state index in [2.05, 4.69) is 51.7 Å². The van der Waals surface area contributed by atoms with E-state index in [9.17, 15) is 10.1 Å². The number of likely N-dealkylation sites (tertiary alicyclic amines) is 1. The Morgan fingerprint density at radius 1 is 1.22 bits per heavy atom. The average molecular weight is 719 g/mol. The van der Waals surface area contributed by atoms with Crippen LogP contribution in [0, 0.1) is 24.1 Å². The number of H-pyrrole nitrogens is 1. The van der Waals surface area contributed by atoms with Crippen molar-refractivity contribution in [3.63, 3.8) is 0 Å². The highest BCUT2D eigenvalue weighted by Crippen LogP contribution is 2.46. The van der Waals surface area contributed by atoms with Gasteiger partial charge in [-0.05, 0) is 58.5 Å². The molecule has 0 bridgehead atoms. The van der Waals surface area contributed by atoms with Crippen molar-refractivity contribution < 1.29 is 13.9 Å². The Bertz CT molecular complexity index is 2220. The number of hydrogen-bond donors (Lipinski definition) is 1. The summed E-state index contributed by atoms with van der Waals surface area (Å²) in [6.07, 6.45) is 7.93. The van der Waals surface area contributed by atoms with Crippen LogP contribution in [0.2, 0.25) is 10.0 Å². The van der Waals surface area contributed by atoms with Gasteiger partial charge in [-0.1, -0.05) is 29.3 Å². The first-order chi connectivity index (χ1) is 24.0. The zero-order chi connectivity index (χ0) is 35.5. The van der Waals surface area contributed by atoms with Gasteiger partial charge in [-0.15, -0.1) is 0 Å². The number of hydrogen-bond acceptors (Lipinski definition) is 8. The van der Waals surface area contributed by atoms with Gasteiger partial charge in [-0.2, -0.15) is 10.4 Å². The highest BCUT2D eigenvalue weighted by molar-refractivity contribution is 6.36. The number of anilines is 1. The molecule has 2 fully saturated rings. The predicted octanol–water partition coefficient (Wildman–Crippen LogP) is 6.67. The van der Waals surface area contributed by atoms with E-state index in [0.717, 1.165) is 0 Å². The number of carbonyl (C=O) groups is 1. The molecule has 0 spiro atoms. The predicted molar refractivity (Wildman–Crippen MR) is 194 cm³/mol. The van der Waals surface area contributed by atoms with Crippen molar-refractivity contribution >= 4 is 67.8 Å². The molecule has 5 heterocycles. The van der Waals surface area contributed by atoms with E-state index in [1.165, 1.54) is 6.08 Å². The summed E-state index contributed by atoms with van der Waals surface area (Å²) in [5.74, 6) is -0.115. The number of nitrogens with one attached hydrogen (secondary N) is 1. The maximum atomic E-state index is 17.3. The third kappa shape index (κ3) is 5.57. The van der Waals surface area contributed by atoms with E-state index in [-0.39, 0.29) is 46.1 Å². The van der Waals surface area contributed by atoms with Crippen molar-refractivity contribution in [1.29, 1.82) is 5.26 Å². The van der Waals surface area contributed by atoms with Crippen LogP contribution in [0.15, 0.2) is 36.8 Å². The Kier molecular flexibility index (Phi) is 8.97. The number of nitriles is 1. The lowest BCUT2D eigenvalue weighted by Crippen LogP contribution is -2.67. The Hall–Kier alpha value is -4.28. The number of nitrogens with zero attached hydrogens (tertiary/aromatic N) is 8. The van der Waals surface area contributed by atoms with Gasteiger partial charge in [0.25, 0.3) is 0 Å². The maximum Gasteiger partial charge on any atom is 0.246 e. The molecular formula is C36H38Cl2FN9O2. The number of carbonyl (C=O) groups excluding carboxylic acids is 1. The topological polar surface area (TPSA) is 119 Å². The lowest BCUT2D eigenvalue weighted by atomic mass is 9.90. The molecule has 11 nitrogen and oxygen atoms in total. The molecule has 2 aliphatic rings. The van der Waals surface area contributed by atoms with Crippen LogP contribution in [-0.2, 0) is 9.53 Å². The van der Waals surface area contributed by atoms with Crippen LogP contribution in [0.25, 0.3) is 44.0 Å². The normalized spacial score (nSPS) is 19.3. The molecule has 2 saturated heterocycles. The van der Waals surface area contributed by atoms with E-state index in [1.54, 1.807) is 42.7 Å². The van der Waals surface area contributed by atoms with Crippen LogP contribution in [0.4, 0.5) is 10.2 Å². The van der Waals surface area contributed by atoms with Crippen molar-refractivity contribution in [3.05, 3.63) is 58.2 Å². The van der Waals surface area contributed by atoms with Crippen LogP contribution in [-0.4, -0.2) is 99.5 Å². The summed E-state index contributed by atoms with van der Waals surface area (Å²) >= 11 is 13.7. The third-order valence-corrected chi connectivity index (χ3v) is 11.2. The molecule has 260 valence electrons. The van der Waals surface area contributed by atoms with Gasteiger partial charge in [-0.25, -0.2) is 14.4 Å². The summed E-state index contributed by atoms with van der Waals surface area (Å²) in [4.78, 5) is 29.1. The number of piperidine rings is 1. The second-order valence-electron chi connectivity index (χ2n) is 13.7. The third-order valence-electron chi connectivity index (χ3n) is 10.5.